The number of aromatic carboxylic acids is 2. The van der Waals surface area contributed by atoms with Gasteiger partial charge in [-0.15, -0.1) is 0 Å². The third-order valence-corrected chi connectivity index (χ3v) is 11.0. The Labute approximate surface area is 386 Å². The average molecular weight is 949 g/mol. The van der Waals surface area contributed by atoms with Crippen LogP contribution in [0.4, 0.5) is 22.7 Å². The van der Waals surface area contributed by atoms with E-state index in [1.54, 1.807) is 13.8 Å². The van der Waals surface area contributed by atoms with Crippen molar-refractivity contribution in [3.63, 3.8) is 0 Å². The van der Waals surface area contributed by atoms with E-state index in [1.165, 1.54) is 97.1 Å². The van der Waals surface area contributed by atoms with Crippen LogP contribution in [0.5, 0.6) is 11.5 Å². The van der Waals surface area contributed by atoms with Gasteiger partial charge in [0.05, 0.1) is 46.1 Å². The lowest BCUT2D eigenvalue weighted by atomic mass is 9.80. The van der Waals surface area contributed by atoms with Crippen molar-refractivity contribution in [2.75, 3.05) is 21.3 Å². The van der Waals surface area contributed by atoms with Crippen molar-refractivity contribution >= 4 is 58.1 Å². The molecule has 7 rings (SSSR count). The molecular weight excluding hydrogens is 897 g/mol. The van der Waals surface area contributed by atoms with Gasteiger partial charge in [0, 0.05) is 23.3 Å². The van der Waals surface area contributed by atoms with Gasteiger partial charge in [0.15, 0.2) is 11.6 Å². The first kappa shape index (κ1) is 58.0. The number of rotatable bonds is 6. The first-order valence-corrected chi connectivity index (χ1v) is 19.2. The van der Waals surface area contributed by atoms with Crippen LogP contribution in [0.25, 0.3) is 0 Å². The van der Waals surface area contributed by atoms with Crippen LogP contribution in [0.1, 0.15) is 81.9 Å². The number of carboxylic acids is 2. The van der Waals surface area contributed by atoms with Crippen LogP contribution in [0.15, 0.2) is 120 Å². The Hall–Kier alpha value is -8.06. The number of nitrogens with one attached hydrogen (secondary N) is 4. The van der Waals surface area contributed by atoms with E-state index < -0.39 is 58.6 Å². The standard InChI is InChI=1S/C46H40N4O12.6H2O/c1-23-11-15-35(53)29-19-25(51)21-33-39(29)46(44(62)48-33,50-32-10-6-4-8-28(32)42(59)60)38(56)18-14-24(2)12-16-36(54)30-20-26(52)22-34-40(30)45(43(61)47-34,37(55)17-13-23)49-31-9-5-3-7-27(31)41(57)58;;;;;;/h3-14,17-22,35-36,49-54H,15-16H2,1-2H3,(H,47,61)(H,48,62)(H,57,58)(H,59,60);6*1H2/b17-13+,18-14+,23-11+,24-12+;;;;;;/t35-,36-,45-,46-;;;;;;/m0....../s1. The number of anilines is 4. The maximum atomic E-state index is 14.6. The first-order valence-electron chi connectivity index (χ1n) is 19.2. The van der Waals surface area contributed by atoms with Crippen molar-refractivity contribution in [2.45, 2.75) is 50.0 Å². The zero-order valence-electron chi connectivity index (χ0n) is 36.1. The molecule has 22 nitrogen and oxygen atoms in total. The molecule has 22 N–H and O–H groups in total. The highest BCUT2D eigenvalue weighted by molar-refractivity contribution is 6.27. The Morgan fingerprint density at radius 3 is 1.24 bits per heavy atom. The first-order chi connectivity index (χ1) is 29.5. The molecule has 0 bridgehead atoms. The SMILES string of the molecule is CC1=C\C[C@H](O)c2cc(O)cc3c2[C@@](Nc2ccccc2C(=O)O)(C(=O)/C=C/C(C)=C/C[C@H](O)c2cc(O)cc4c2[C@@](Nc2ccccc2C(=O)O)(C(=O)\C=C\1)C(=O)N4)C(=O)N3.O.O.O.O.O.O. The summed E-state index contributed by atoms with van der Waals surface area (Å²) in [5.41, 5.74) is -5.14. The molecule has 2 amide bonds. The minimum Gasteiger partial charge on any atom is -0.508 e. The van der Waals surface area contributed by atoms with Crippen molar-refractivity contribution in [3.05, 3.63) is 154 Å². The van der Waals surface area contributed by atoms with E-state index >= 15 is 0 Å². The second-order valence-corrected chi connectivity index (χ2v) is 15.1. The number of allylic oxidation sites excluding steroid dienone is 4. The summed E-state index contributed by atoms with van der Waals surface area (Å²) in [7, 11) is 0. The summed E-state index contributed by atoms with van der Waals surface area (Å²) < 4.78 is 0. The fourth-order valence-electron chi connectivity index (χ4n) is 7.96. The maximum absolute atomic E-state index is 14.6. The number of phenolic OH excluding ortho intramolecular Hbond substituents is 2. The number of carboxylic acid groups (broad SMARTS) is 2. The minimum atomic E-state index is -2.38. The van der Waals surface area contributed by atoms with Crippen LogP contribution < -0.4 is 21.3 Å². The monoisotopic (exact) mass is 948 g/mol. The summed E-state index contributed by atoms with van der Waals surface area (Å²) >= 11 is 0. The van der Waals surface area contributed by atoms with Gasteiger partial charge in [0.25, 0.3) is 11.8 Å². The predicted octanol–water partition coefficient (Wildman–Crippen LogP) is 0.769. The summed E-state index contributed by atoms with van der Waals surface area (Å²) in [4.78, 5) is 82.2. The lowest BCUT2D eigenvalue weighted by Gasteiger charge is -2.31. The smallest absolute Gasteiger partial charge is 0.337 e. The fraction of sp³-hybridized carbons (Fsp3) is 0.174. The van der Waals surface area contributed by atoms with Crippen molar-refractivity contribution in [2.24, 2.45) is 0 Å². The highest BCUT2D eigenvalue weighted by Crippen LogP contribution is 2.48. The molecule has 0 saturated heterocycles. The molecule has 0 saturated carbocycles. The number of aromatic hydroxyl groups is 2. The van der Waals surface area contributed by atoms with Gasteiger partial charge in [-0.2, -0.15) is 0 Å². The van der Waals surface area contributed by atoms with Crippen molar-refractivity contribution in [1.82, 2.24) is 0 Å². The van der Waals surface area contributed by atoms with Crippen molar-refractivity contribution in [1.29, 1.82) is 0 Å². The predicted molar refractivity (Wildman–Crippen MR) is 248 cm³/mol. The van der Waals surface area contributed by atoms with Crippen LogP contribution in [0, 0.1) is 0 Å². The molecule has 0 unspecified atom stereocenters. The summed E-state index contributed by atoms with van der Waals surface area (Å²) in [6, 6.07) is 16.0. The molecule has 4 aromatic carbocycles. The number of carbonyl (C=O) groups is 6. The number of aliphatic hydroxyl groups excluding tert-OH is 2. The summed E-state index contributed by atoms with van der Waals surface area (Å²) in [5, 5.41) is 76.0. The maximum Gasteiger partial charge on any atom is 0.337 e. The van der Waals surface area contributed by atoms with E-state index in [4.69, 9.17) is 0 Å². The zero-order chi connectivity index (χ0) is 44.7. The van der Waals surface area contributed by atoms with Crippen LogP contribution in [-0.2, 0) is 30.3 Å². The van der Waals surface area contributed by atoms with E-state index in [-0.39, 0.29) is 113 Å². The molecule has 4 atom stereocenters. The number of benzene rings is 4. The number of hydrogen-bond donors (Lipinski definition) is 10. The lowest BCUT2D eigenvalue weighted by Crippen LogP contribution is -2.49. The fourth-order valence-corrected chi connectivity index (χ4v) is 7.96. The van der Waals surface area contributed by atoms with E-state index in [1.807, 2.05) is 0 Å². The van der Waals surface area contributed by atoms with Crippen LogP contribution >= 0.6 is 0 Å². The van der Waals surface area contributed by atoms with Gasteiger partial charge in [0.2, 0.25) is 11.1 Å². The van der Waals surface area contributed by atoms with E-state index in [2.05, 4.69) is 21.3 Å². The molecule has 3 aliphatic rings. The van der Waals surface area contributed by atoms with Gasteiger partial charge < -0.3 is 84.8 Å². The highest BCUT2D eigenvalue weighted by atomic mass is 16.4. The number of ketones is 2. The summed E-state index contributed by atoms with van der Waals surface area (Å²) in [6.07, 6.45) is 4.35. The molecule has 0 spiro atoms. The molecule has 2 aliphatic heterocycles. The molecule has 68 heavy (non-hydrogen) atoms. The van der Waals surface area contributed by atoms with Gasteiger partial charge in [-0.05, 0) is 86.4 Å². The average Bonchev–Trinajstić information content (AvgIpc) is 3.67. The molecule has 0 fully saturated rings. The van der Waals surface area contributed by atoms with E-state index in [9.17, 15) is 59.4 Å². The Kier molecular flexibility index (Phi) is 19.1. The Bertz CT molecular complexity index is 2560. The lowest BCUT2D eigenvalue weighted by molar-refractivity contribution is -0.130. The largest absolute Gasteiger partial charge is 0.508 e. The molecule has 1 aliphatic carbocycles. The van der Waals surface area contributed by atoms with Gasteiger partial charge in [-0.1, -0.05) is 59.7 Å². The molecule has 2 heterocycles. The minimum absolute atomic E-state index is 0. The third kappa shape index (κ3) is 10.2. The third-order valence-electron chi connectivity index (χ3n) is 11.0. The quantitative estimate of drug-likeness (QED) is 0.119. The van der Waals surface area contributed by atoms with Crippen molar-refractivity contribution in [3.8, 4) is 11.5 Å². The van der Waals surface area contributed by atoms with Crippen molar-refractivity contribution < 1.29 is 92.3 Å². The van der Waals surface area contributed by atoms with E-state index in [0.717, 1.165) is 12.2 Å². The molecule has 0 radical (unpaired) electrons. The van der Waals surface area contributed by atoms with E-state index in [0.29, 0.717) is 11.1 Å². The molecule has 364 valence electrons. The van der Waals surface area contributed by atoms with Crippen LogP contribution in [0.2, 0.25) is 0 Å². The number of amides is 2. The van der Waals surface area contributed by atoms with Crippen LogP contribution in [0.3, 0.4) is 0 Å². The number of para-hydroxylation sites is 2. The Morgan fingerprint density at radius 2 is 0.897 bits per heavy atom. The van der Waals surface area contributed by atoms with Gasteiger partial charge >= 0.3 is 11.9 Å². The van der Waals surface area contributed by atoms with Gasteiger partial charge in [-0.25, -0.2) is 9.59 Å². The number of phenols is 2. The summed E-state index contributed by atoms with van der Waals surface area (Å²) in [6.45, 7) is 3.15. The van der Waals surface area contributed by atoms with Gasteiger partial charge in [-0.3, -0.25) is 19.2 Å². The number of carbonyl (C=O) groups excluding carboxylic acids is 4. The second kappa shape index (κ2) is 22.4. The molecular formula is C46H52N4O18. The molecule has 0 aromatic heterocycles. The highest BCUT2D eigenvalue weighted by Gasteiger charge is 2.56. The zero-order valence-corrected chi connectivity index (χ0v) is 36.1. The normalized spacial score (nSPS) is 22.9. The second-order valence-electron chi connectivity index (χ2n) is 15.1. The van der Waals surface area contributed by atoms with Crippen LogP contribution in [-0.4, -0.2) is 98.8 Å². The number of hydrogen-bond acceptors (Lipinski definition) is 12. The topological polar surface area (TPSA) is 461 Å². The number of aliphatic hydroxyl groups is 2. The Balaban J connectivity index is 0.00000385. The summed E-state index contributed by atoms with van der Waals surface area (Å²) in [5.74, 6) is -7.10. The Morgan fingerprint density at radius 1 is 0.559 bits per heavy atom. The van der Waals surface area contributed by atoms with Gasteiger partial charge in [0.1, 0.15) is 11.5 Å². The molecule has 4 aromatic rings. The molecule has 22 heteroatoms.